The Bertz CT molecular complexity index is 355. The van der Waals surface area contributed by atoms with Gasteiger partial charge in [-0.05, 0) is 18.6 Å². The van der Waals surface area contributed by atoms with Crippen molar-refractivity contribution in [3.63, 3.8) is 0 Å². The Balaban J connectivity index is 2.82. The van der Waals surface area contributed by atoms with Crippen LogP contribution in [0, 0.1) is 5.82 Å². The molecule has 1 N–H and O–H groups in total. The molecule has 1 aromatic carbocycles. The van der Waals surface area contributed by atoms with Gasteiger partial charge in [0.15, 0.2) is 0 Å². The third kappa shape index (κ3) is 3.53. The second-order valence-electron chi connectivity index (χ2n) is 3.62. The van der Waals surface area contributed by atoms with Crippen LogP contribution in [0.4, 0.5) is 10.1 Å². The van der Waals surface area contributed by atoms with Crippen LogP contribution in [0.5, 0.6) is 0 Å². The first kappa shape index (κ1) is 12.5. The van der Waals surface area contributed by atoms with Crippen molar-refractivity contribution >= 4 is 11.7 Å². The average molecular weight is 225 g/mol. The van der Waals surface area contributed by atoms with Crippen LogP contribution in [-0.2, 0) is 4.79 Å². The Kier molecular flexibility index (Phi) is 4.76. The molecular formula is C12H16FNO2. The predicted molar refractivity (Wildman–Crippen MR) is 61.2 cm³/mol. The van der Waals surface area contributed by atoms with Gasteiger partial charge in [0.1, 0.15) is 12.4 Å². The van der Waals surface area contributed by atoms with Crippen LogP contribution in [0.2, 0.25) is 0 Å². The number of benzene rings is 1. The van der Waals surface area contributed by atoms with E-state index in [4.69, 9.17) is 5.11 Å². The van der Waals surface area contributed by atoms with Gasteiger partial charge in [0.2, 0.25) is 0 Å². The molecule has 4 heteroatoms. The minimum absolute atomic E-state index is 0.166. The Morgan fingerprint density at radius 3 is 2.69 bits per heavy atom. The predicted octanol–water partition coefficient (Wildman–Crippen LogP) is 2.52. The van der Waals surface area contributed by atoms with Crippen LogP contribution >= 0.6 is 0 Å². The fourth-order valence-corrected chi connectivity index (χ4v) is 1.51. The van der Waals surface area contributed by atoms with Crippen molar-refractivity contribution < 1.29 is 14.3 Å². The number of hydrogen-bond donors (Lipinski definition) is 1. The zero-order valence-electron chi connectivity index (χ0n) is 9.32. The van der Waals surface area contributed by atoms with E-state index < -0.39 is 5.97 Å². The number of rotatable bonds is 6. The molecule has 0 saturated heterocycles. The van der Waals surface area contributed by atoms with Gasteiger partial charge in [-0.15, -0.1) is 0 Å². The monoisotopic (exact) mass is 225 g/mol. The normalized spacial score (nSPS) is 10.1. The number of nitrogens with zero attached hydrogens (tertiary/aromatic N) is 1. The molecule has 0 heterocycles. The van der Waals surface area contributed by atoms with Crippen molar-refractivity contribution in [2.45, 2.75) is 19.8 Å². The summed E-state index contributed by atoms with van der Waals surface area (Å²) in [6, 6.07) is 6.25. The van der Waals surface area contributed by atoms with Gasteiger partial charge in [0, 0.05) is 6.54 Å². The Morgan fingerprint density at radius 1 is 1.44 bits per heavy atom. The number of anilines is 1. The van der Waals surface area contributed by atoms with Gasteiger partial charge in [-0.25, -0.2) is 4.39 Å². The number of unbranched alkanes of at least 4 members (excludes halogenated alkanes) is 1. The second kappa shape index (κ2) is 6.10. The van der Waals surface area contributed by atoms with Gasteiger partial charge in [-0.3, -0.25) is 4.79 Å². The minimum atomic E-state index is -0.945. The van der Waals surface area contributed by atoms with E-state index in [9.17, 15) is 9.18 Å². The molecule has 0 aliphatic carbocycles. The summed E-state index contributed by atoms with van der Waals surface area (Å²) in [5, 5.41) is 8.77. The number of para-hydroxylation sites is 1. The second-order valence-corrected chi connectivity index (χ2v) is 3.62. The highest BCUT2D eigenvalue weighted by Gasteiger charge is 2.13. The summed E-state index contributed by atoms with van der Waals surface area (Å²) in [4.78, 5) is 12.3. The molecule has 0 radical (unpaired) electrons. The molecule has 0 spiro atoms. The molecule has 0 aliphatic rings. The van der Waals surface area contributed by atoms with E-state index in [0.717, 1.165) is 12.8 Å². The largest absolute Gasteiger partial charge is 0.480 e. The summed E-state index contributed by atoms with van der Waals surface area (Å²) in [6.45, 7) is 2.41. The standard InChI is InChI=1S/C12H16FNO2/c1-2-3-8-14(9-12(15)16)11-7-5-4-6-10(11)13/h4-7H,2-3,8-9H2,1H3,(H,15,16). The van der Waals surface area contributed by atoms with E-state index >= 15 is 0 Å². The fraction of sp³-hybridized carbons (Fsp3) is 0.417. The lowest BCUT2D eigenvalue weighted by atomic mass is 10.2. The van der Waals surface area contributed by atoms with E-state index in [1.807, 2.05) is 6.92 Å². The number of carbonyl (C=O) groups is 1. The molecular weight excluding hydrogens is 209 g/mol. The van der Waals surface area contributed by atoms with Crippen LogP contribution in [0.1, 0.15) is 19.8 Å². The van der Waals surface area contributed by atoms with E-state index in [1.54, 1.807) is 23.1 Å². The maximum atomic E-state index is 13.5. The van der Waals surface area contributed by atoms with Crippen LogP contribution in [0.3, 0.4) is 0 Å². The van der Waals surface area contributed by atoms with Crippen LogP contribution in [0.25, 0.3) is 0 Å². The summed E-state index contributed by atoms with van der Waals surface area (Å²) in [7, 11) is 0. The zero-order valence-corrected chi connectivity index (χ0v) is 9.32. The van der Waals surface area contributed by atoms with E-state index in [0.29, 0.717) is 12.2 Å². The van der Waals surface area contributed by atoms with Crippen LogP contribution in [-0.4, -0.2) is 24.2 Å². The Hall–Kier alpha value is -1.58. The highest BCUT2D eigenvalue weighted by atomic mass is 19.1. The van der Waals surface area contributed by atoms with E-state index in [2.05, 4.69) is 0 Å². The van der Waals surface area contributed by atoms with E-state index in [1.165, 1.54) is 6.07 Å². The molecule has 3 nitrogen and oxygen atoms in total. The highest BCUT2D eigenvalue weighted by molar-refractivity contribution is 5.73. The molecule has 0 atom stereocenters. The molecule has 0 saturated carbocycles. The summed E-state index contributed by atoms with van der Waals surface area (Å²) in [6.07, 6.45) is 1.80. The van der Waals surface area contributed by atoms with Crippen molar-refractivity contribution in [2.75, 3.05) is 18.0 Å². The van der Waals surface area contributed by atoms with Crippen molar-refractivity contribution in [1.82, 2.24) is 0 Å². The lowest BCUT2D eigenvalue weighted by Gasteiger charge is -2.22. The molecule has 0 bridgehead atoms. The summed E-state index contributed by atoms with van der Waals surface area (Å²) in [5.74, 6) is -1.32. The first-order valence-corrected chi connectivity index (χ1v) is 5.36. The number of carboxylic acids is 1. The maximum absolute atomic E-state index is 13.5. The molecule has 1 aromatic rings. The van der Waals surface area contributed by atoms with Crippen molar-refractivity contribution in [3.05, 3.63) is 30.1 Å². The molecule has 88 valence electrons. The van der Waals surface area contributed by atoms with Crippen molar-refractivity contribution in [1.29, 1.82) is 0 Å². The molecule has 0 aromatic heterocycles. The SMILES string of the molecule is CCCCN(CC(=O)O)c1ccccc1F. The van der Waals surface area contributed by atoms with Crippen molar-refractivity contribution in [2.24, 2.45) is 0 Å². The molecule has 0 aliphatic heterocycles. The lowest BCUT2D eigenvalue weighted by molar-refractivity contribution is -0.135. The quantitative estimate of drug-likeness (QED) is 0.808. The van der Waals surface area contributed by atoms with Gasteiger partial charge in [-0.1, -0.05) is 25.5 Å². The van der Waals surface area contributed by atoms with E-state index in [-0.39, 0.29) is 12.4 Å². The Morgan fingerprint density at radius 2 is 2.12 bits per heavy atom. The number of aliphatic carboxylic acids is 1. The van der Waals surface area contributed by atoms with Gasteiger partial charge < -0.3 is 10.0 Å². The third-order valence-corrected chi connectivity index (χ3v) is 2.30. The van der Waals surface area contributed by atoms with Gasteiger partial charge >= 0.3 is 5.97 Å². The number of halogens is 1. The average Bonchev–Trinajstić information content (AvgIpc) is 2.24. The first-order chi connectivity index (χ1) is 7.65. The van der Waals surface area contributed by atoms with Gasteiger partial charge in [-0.2, -0.15) is 0 Å². The number of carboxylic acid groups (broad SMARTS) is 1. The summed E-state index contributed by atoms with van der Waals surface area (Å²) >= 11 is 0. The molecule has 0 unspecified atom stereocenters. The topological polar surface area (TPSA) is 40.5 Å². The van der Waals surface area contributed by atoms with Gasteiger partial charge in [0.05, 0.1) is 5.69 Å². The third-order valence-electron chi connectivity index (χ3n) is 2.30. The Labute approximate surface area is 94.5 Å². The summed E-state index contributed by atoms with van der Waals surface area (Å²) < 4.78 is 13.5. The molecule has 0 amide bonds. The van der Waals surface area contributed by atoms with Crippen molar-refractivity contribution in [3.8, 4) is 0 Å². The zero-order chi connectivity index (χ0) is 12.0. The van der Waals surface area contributed by atoms with Crippen LogP contribution in [0.15, 0.2) is 24.3 Å². The molecule has 16 heavy (non-hydrogen) atoms. The van der Waals surface area contributed by atoms with Gasteiger partial charge in [0.25, 0.3) is 0 Å². The number of hydrogen-bond acceptors (Lipinski definition) is 2. The smallest absolute Gasteiger partial charge is 0.323 e. The molecule has 1 rings (SSSR count). The molecule has 0 fully saturated rings. The summed E-state index contributed by atoms with van der Waals surface area (Å²) in [5.41, 5.74) is 0.360. The van der Waals surface area contributed by atoms with Crippen LogP contribution < -0.4 is 4.90 Å². The first-order valence-electron chi connectivity index (χ1n) is 5.36. The highest BCUT2D eigenvalue weighted by Crippen LogP contribution is 2.18. The maximum Gasteiger partial charge on any atom is 0.323 e. The fourth-order valence-electron chi connectivity index (χ4n) is 1.51. The minimum Gasteiger partial charge on any atom is -0.480 e. The lowest BCUT2D eigenvalue weighted by Crippen LogP contribution is -2.31.